The van der Waals surface area contributed by atoms with Crippen molar-refractivity contribution in [2.75, 3.05) is 19.6 Å². The van der Waals surface area contributed by atoms with Crippen molar-refractivity contribution in [3.63, 3.8) is 0 Å². The van der Waals surface area contributed by atoms with Crippen molar-refractivity contribution in [1.29, 1.82) is 0 Å². The molecule has 0 saturated heterocycles. The molecule has 6 heteroatoms. The highest BCUT2D eigenvalue weighted by Crippen LogP contribution is 2.28. The molecule has 1 aromatic heterocycles. The Morgan fingerprint density at radius 2 is 1.92 bits per heavy atom. The van der Waals surface area contributed by atoms with Gasteiger partial charge in [-0.05, 0) is 18.1 Å². The standard InChI is InChI=1S/C20H24N2O4/c1-3-11-22(12-4-2)13-10-15-14-21-20-16(15)6-5-7-17(20)26-19(25)9-8-18(23)24/h3-7,14,21H,1-2,8-13H2,(H,23,24). The van der Waals surface area contributed by atoms with Crippen molar-refractivity contribution >= 4 is 22.8 Å². The van der Waals surface area contributed by atoms with Crippen LogP contribution in [0, 0.1) is 0 Å². The second-order valence-electron chi connectivity index (χ2n) is 5.95. The number of rotatable bonds is 11. The molecule has 138 valence electrons. The molecule has 1 heterocycles. The van der Waals surface area contributed by atoms with E-state index in [1.807, 2.05) is 30.5 Å². The van der Waals surface area contributed by atoms with Gasteiger partial charge in [-0.1, -0.05) is 24.3 Å². The third kappa shape index (κ3) is 5.32. The number of fused-ring (bicyclic) bond motifs is 1. The number of nitrogens with one attached hydrogen (secondary N) is 1. The lowest BCUT2D eigenvalue weighted by molar-refractivity contribution is -0.142. The third-order valence-corrected chi connectivity index (χ3v) is 4.00. The molecule has 0 radical (unpaired) electrons. The number of aliphatic carboxylic acids is 1. The Hall–Kier alpha value is -2.86. The summed E-state index contributed by atoms with van der Waals surface area (Å²) in [6.45, 7) is 9.99. The predicted molar refractivity (Wildman–Crippen MR) is 101 cm³/mol. The van der Waals surface area contributed by atoms with Crippen LogP contribution in [0.15, 0.2) is 49.7 Å². The Bertz CT molecular complexity index is 784. The monoisotopic (exact) mass is 356 g/mol. The van der Waals surface area contributed by atoms with Gasteiger partial charge in [0.1, 0.15) is 0 Å². The summed E-state index contributed by atoms with van der Waals surface area (Å²) in [4.78, 5) is 27.8. The fraction of sp³-hybridized carbons (Fsp3) is 0.300. The number of esters is 1. The first-order valence-corrected chi connectivity index (χ1v) is 8.50. The molecule has 0 aliphatic heterocycles. The van der Waals surface area contributed by atoms with Crippen LogP contribution < -0.4 is 4.74 Å². The average molecular weight is 356 g/mol. The molecule has 2 rings (SSSR count). The molecule has 1 aromatic carbocycles. The summed E-state index contributed by atoms with van der Waals surface area (Å²) in [6.07, 6.45) is 6.09. The van der Waals surface area contributed by atoms with Crippen LogP contribution in [0.1, 0.15) is 18.4 Å². The Morgan fingerprint density at radius 3 is 2.58 bits per heavy atom. The summed E-state index contributed by atoms with van der Waals surface area (Å²) in [5.41, 5.74) is 1.87. The van der Waals surface area contributed by atoms with Crippen LogP contribution >= 0.6 is 0 Å². The minimum absolute atomic E-state index is 0.155. The quantitative estimate of drug-likeness (QED) is 0.367. The number of carboxylic acid groups (broad SMARTS) is 1. The molecular weight excluding hydrogens is 332 g/mol. The van der Waals surface area contributed by atoms with E-state index in [0.717, 1.165) is 42.5 Å². The molecule has 0 bridgehead atoms. The van der Waals surface area contributed by atoms with E-state index in [9.17, 15) is 9.59 Å². The zero-order valence-electron chi connectivity index (χ0n) is 14.7. The van der Waals surface area contributed by atoms with E-state index < -0.39 is 11.9 Å². The molecule has 0 atom stereocenters. The molecule has 2 N–H and O–H groups in total. The maximum atomic E-state index is 11.8. The first kappa shape index (κ1) is 19.5. The van der Waals surface area contributed by atoms with Gasteiger partial charge >= 0.3 is 11.9 Å². The Balaban J connectivity index is 2.09. The molecule has 0 saturated carbocycles. The number of aromatic amines is 1. The highest BCUT2D eigenvalue weighted by Gasteiger charge is 2.13. The van der Waals surface area contributed by atoms with Crippen molar-refractivity contribution in [1.82, 2.24) is 9.88 Å². The van der Waals surface area contributed by atoms with Crippen LogP contribution in [0.2, 0.25) is 0 Å². The van der Waals surface area contributed by atoms with Crippen LogP contribution in [-0.2, 0) is 16.0 Å². The first-order valence-electron chi connectivity index (χ1n) is 8.50. The Labute approximate surface area is 152 Å². The first-order chi connectivity index (χ1) is 12.5. The van der Waals surface area contributed by atoms with E-state index in [4.69, 9.17) is 9.84 Å². The number of hydrogen-bond acceptors (Lipinski definition) is 4. The van der Waals surface area contributed by atoms with Gasteiger partial charge in [0.2, 0.25) is 0 Å². The minimum Gasteiger partial charge on any atom is -0.481 e. The van der Waals surface area contributed by atoms with Crippen LogP contribution in [0.4, 0.5) is 0 Å². The number of H-pyrrole nitrogens is 1. The molecule has 0 aliphatic carbocycles. The number of hydrogen-bond donors (Lipinski definition) is 2. The van der Waals surface area contributed by atoms with E-state index in [1.54, 1.807) is 6.07 Å². The fourth-order valence-corrected chi connectivity index (χ4v) is 2.76. The zero-order chi connectivity index (χ0) is 18.9. The SMILES string of the molecule is C=CCN(CC=C)CCc1c[nH]c2c(OC(=O)CCC(=O)O)cccc12. The molecule has 26 heavy (non-hydrogen) atoms. The van der Waals surface area contributed by atoms with Crippen molar-refractivity contribution in [2.45, 2.75) is 19.3 Å². The van der Waals surface area contributed by atoms with Crippen molar-refractivity contribution in [3.8, 4) is 5.75 Å². The molecule has 2 aromatic rings. The van der Waals surface area contributed by atoms with Crippen molar-refractivity contribution in [3.05, 3.63) is 55.3 Å². The summed E-state index contributed by atoms with van der Waals surface area (Å²) in [7, 11) is 0. The van der Waals surface area contributed by atoms with Crippen molar-refractivity contribution in [2.24, 2.45) is 0 Å². The number of benzene rings is 1. The van der Waals surface area contributed by atoms with Crippen LogP contribution in [0.25, 0.3) is 10.9 Å². The number of carbonyl (C=O) groups excluding carboxylic acids is 1. The maximum absolute atomic E-state index is 11.8. The summed E-state index contributed by atoms with van der Waals surface area (Å²) >= 11 is 0. The van der Waals surface area contributed by atoms with Crippen LogP contribution in [0.5, 0.6) is 5.75 Å². The number of carbonyl (C=O) groups is 2. The normalized spacial score (nSPS) is 10.8. The summed E-state index contributed by atoms with van der Waals surface area (Å²) in [5.74, 6) is -1.16. The second kappa shape index (κ2) is 9.58. The van der Waals surface area contributed by atoms with Gasteiger partial charge in [0.05, 0.1) is 18.4 Å². The highest BCUT2D eigenvalue weighted by atomic mass is 16.5. The highest BCUT2D eigenvalue weighted by molar-refractivity contribution is 5.90. The van der Waals surface area contributed by atoms with Gasteiger partial charge < -0.3 is 14.8 Å². The average Bonchev–Trinajstić information content (AvgIpc) is 3.02. The summed E-state index contributed by atoms with van der Waals surface area (Å²) in [6, 6.07) is 5.49. The van der Waals surface area contributed by atoms with E-state index in [1.165, 1.54) is 0 Å². The van der Waals surface area contributed by atoms with E-state index in [0.29, 0.717) is 5.75 Å². The van der Waals surface area contributed by atoms with Gasteiger partial charge in [0.25, 0.3) is 0 Å². The van der Waals surface area contributed by atoms with Gasteiger partial charge in [-0.3, -0.25) is 14.5 Å². The van der Waals surface area contributed by atoms with E-state index in [2.05, 4.69) is 23.0 Å². The van der Waals surface area contributed by atoms with E-state index in [-0.39, 0.29) is 12.8 Å². The lowest BCUT2D eigenvalue weighted by Crippen LogP contribution is -2.26. The molecular formula is C20H24N2O4. The van der Waals surface area contributed by atoms with Gasteiger partial charge in [-0.2, -0.15) is 0 Å². The van der Waals surface area contributed by atoms with Gasteiger partial charge in [0.15, 0.2) is 5.75 Å². The molecule has 0 fully saturated rings. The smallest absolute Gasteiger partial charge is 0.311 e. The third-order valence-electron chi connectivity index (χ3n) is 4.00. The lowest BCUT2D eigenvalue weighted by Gasteiger charge is -2.18. The van der Waals surface area contributed by atoms with E-state index >= 15 is 0 Å². The molecule has 0 unspecified atom stereocenters. The lowest BCUT2D eigenvalue weighted by atomic mass is 10.1. The molecule has 6 nitrogen and oxygen atoms in total. The van der Waals surface area contributed by atoms with Crippen molar-refractivity contribution < 1.29 is 19.4 Å². The Kier molecular flexibility index (Phi) is 7.17. The van der Waals surface area contributed by atoms with Gasteiger partial charge in [-0.25, -0.2) is 0 Å². The maximum Gasteiger partial charge on any atom is 0.311 e. The topological polar surface area (TPSA) is 82.6 Å². The number of ether oxygens (including phenoxy) is 1. The Morgan fingerprint density at radius 1 is 1.19 bits per heavy atom. The van der Waals surface area contributed by atoms with Gasteiger partial charge in [0, 0.05) is 31.2 Å². The van der Waals surface area contributed by atoms with Crippen LogP contribution in [0.3, 0.4) is 0 Å². The zero-order valence-corrected chi connectivity index (χ0v) is 14.7. The number of aromatic nitrogens is 1. The number of nitrogens with zero attached hydrogens (tertiary/aromatic N) is 1. The molecule has 0 amide bonds. The molecule has 0 aliphatic rings. The largest absolute Gasteiger partial charge is 0.481 e. The molecule has 0 spiro atoms. The van der Waals surface area contributed by atoms with Gasteiger partial charge in [-0.15, -0.1) is 13.2 Å². The van der Waals surface area contributed by atoms with Crippen LogP contribution in [-0.4, -0.2) is 46.6 Å². The second-order valence-corrected chi connectivity index (χ2v) is 5.95. The minimum atomic E-state index is -1.02. The summed E-state index contributed by atoms with van der Waals surface area (Å²) in [5, 5.41) is 9.64. The summed E-state index contributed by atoms with van der Waals surface area (Å²) < 4.78 is 5.32. The predicted octanol–water partition coefficient (Wildman–Crippen LogP) is 3.15. The number of carboxylic acids is 1. The number of para-hydroxylation sites is 1. The fourth-order valence-electron chi connectivity index (χ4n) is 2.76.